The molecule has 6 heteroatoms. The fourth-order valence-corrected chi connectivity index (χ4v) is 4.32. The first-order valence-electron chi connectivity index (χ1n) is 10.2. The van der Waals surface area contributed by atoms with Gasteiger partial charge in [0.2, 0.25) is 0 Å². The van der Waals surface area contributed by atoms with Crippen LogP contribution in [-0.2, 0) is 0 Å². The van der Waals surface area contributed by atoms with Gasteiger partial charge < -0.3 is 0 Å². The number of tetrazole rings is 1. The molecule has 6 nitrogen and oxygen atoms in total. The molecule has 0 radical (unpaired) electrons. The van der Waals surface area contributed by atoms with Crippen molar-refractivity contribution in [2.45, 2.75) is 70.4 Å². The largest absolute Gasteiger partial charge is 0.297 e. The highest BCUT2D eigenvalue weighted by molar-refractivity contribution is 4.97. The van der Waals surface area contributed by atoms with Gasteiger partial charge in [0, 0.05) is 32.7 Å². The topological polar surface area (TPSA) is 50.1 Å². The molecule has 1 saturated carbocycles. The smallest absolute Gasteiger partial charge is 0.168 e. The molecule has 1 aliphatic carbocycles. The molecule has 140 valence electrons. The Morgan fingerprint density at radius 2 is 1.92 bits per heavy atom. The summed E-state index contributed by atoms with van der Waals surface area (Å²) in [6, 6.07) is 0.868. The van der Waals surface area contributed by atoms with Crippen LogP contribution in [0.2, 0.25) is 0 Å². The van der Waals surface area contributed by atoms with Gasteiger partial charge in [-0.05, 0) is 29.7 Å². The predicted octanol–water partition coefficient (Wildman–Crippen LogP) is 3.21. The first-order valence-corrected chi connectivity index (χ1v) is 10.2. The highest BCUT2D eigenvalue weighted by atomic mass is 15.6. The maximum absolute atomic E-state index is 4.51. The van der Waals surface area contributed by atoms with Crippen molar-refractivity contribution >= 4 is 0 Å². The highest BCUT2D eigenvalue weighted by Crippen LogP contribution is 2.32. The van der Waals surface area contributed by atoms with Crippen molar-refractivity contribution in [1.82, 2.24) is 30.0 Å². The Morgan fingerprint density at radius 3 is 2.60 bits per heavy atom. The van der Waals surface area contributed by atoms with Crippen LogP contribution in [0.3, 0.4) is 0 Å². The number of unbranched alkanes of at least 4 members (excludes halogenated alkanes) is 1. The first kappa shape index (κ1) is 18.5. The Bertz CT molecular complexity index is 514. The number of hydrogen-bond donors (Lipinski definition) is 0. The Labute approximate surface area is 152 Å². The minimum absolute atomic E-state index is 0.364. The lowest BCUT2D eigenvalue weighted by molar-refractivity contribution is 0.0895. The minimum Gasteiger partial charge on any atom is -0.297 e. The van der Waals surface area contributed by atoms with Crippen LogP contribution >= 0.6 is 0 Å². The van der Waals surface area contributed by atoms with Crippen LogP contribution in [-0.4, -0.2) is 62.7 Å². The molecular weight excluding hydrogens is 312 g/mol. The van der Waals surface area contributed by atoms with E-state index in [0.717, 1.165) is 45.0 Å². The second-order valence-electron chi connectivity index (χ2n) is 7.56. The maximum atomic E-state index is 4.51. The van der Waals surface area contributed by atoms with Gasteiger partial charge in [-0.25, -0.2) is 4.68 Å². The van der Waals surface area contributed by atoms with E-state index in [0.29, 0.717) is 12.1 Å². The van der Waals surface area contributed by atoms with E-state index in [1.54, 1.807) is 0 Å². The van der Waals surface area contributed by atoms with E-state index in [1.807, 2.05) is 6.08 Å². The Morgan fingerprint density at radius 1 is 1.16 bits per heavy atom. The molecule has 1 aromatic heterocycles. The van der Waals surface area contributed by atoms with Crippen LogP contribution < -0.4 is 0 Å². The average molecular weight is 347 g/mol. The Balaban J connectivity index is 1.72. The van der Waals surface area contributed by atoms with Gasteiger partial charge in [0.1, 0.15) is 0 Å². The van der Waals surface area contributed by atoms with E-state index in [1.165, 1.54) is 44.9 Å². The Hall–Kier alpha value is -1.27. The molecule has 2 heterocycles. The van der Waals surface area contributed by atoms with E-state index in [-0.39, 0.29) is 0 Å². The van der Waals surface area contributed by atoms with Crippen LogP contribution in [0.15, 0.2) is 12.7 Å². The second kappa shape index (κ2) is 9.43. The maximum Gasteiger partial charge on any atom is 0.168 e. The van der Waals surface area contributed by atoms with Gasteiger partial charge in [0.05, 0.1) is 12.1 Å². The molecule has 1 atom stereocenters. The highest BCUT2D eigenvalue weighted by Gasteiger charge is 2.30. The quantitative estimate of drug-likeness (QED) is 0.677. The lowest BCUT2D eigenvalue weighted by Gasteiger charge is -2.39. The summed E-state index contributed by atoms with van der Waals surface area (Å²) < 4.78 is 2.18. The summed E-state index contributed by atoms with van der Waals surface area (Å²) in [5, 5.41) is 13.0. The lowest BCUT2D eigenvalue weighted by Crippen LogP contribution is -2.48. The third-order valence-corrected chi connectivity index (χ3v) is 5.80. The minimum atomic E-state index is 0.364. The summed E-state index contributed by atoms with van der Waals surface area (Å²) in [7, 11) is 0. The fourth-order valence-electron chi connectivity index (χ4n) is 4.32. The van der Waals surface area contributed by atoms with E-state index in [9.17, 15) is 0 Å². The van der Waals surface area contributed by atoms with Crippen LogP contribution in [0.5, 0.6) is 0 Å². The van der Waals surface area contributed by atoms with Gasteiger partial charge in [0.25, 0.3) is 0 Å². The van der Waals surface area contributed by atoms with Crippen molar-refractivity contribution in [2.24, 2.45) is 0 Å². The van der Waals surface area contributed by atoms with Crippen molar-refractivity contribution in [3.8, 4) is 0 Å². The molecule has 2 fully saturated rings. The molecule has 0 N–H and O–H groups in total. The van der Waals surface area contributed by atoms with Gasteiger partial charge in [-0.1, -0.05) is 45.1 Å². The molecule has 1 saturated heterocycles. The molecule has 0 aromatic carbocycles. The molecule has 0 spiro atoms. The van der Waals surface area contributed by atoms with E-state index in [4.69, 9.17) is 0 Å². The number of piperazine rings is 1. The molecule has 2 aliphatic rings. The van der Waals surface area contributed by atoms with Crippen molar-refractivity contribution < 1.29 is 0 Å². The van der Waals surface area contributed by atoms with Crippen LogP contribution in [0, 0.1) is 0 Å². The summed E-state index contributed by atoms with van der Waals surface area (Å²) in [6.07, 6.45) is 12.1. The first-order chi connectivity index (χ1) is 12.3. The predicted molar refractivity (Wildman–Crippen MR) is 100 cm³/mol. The molecule has 1 aliphatic heterocycles. The van der Waals surface area contributed by atoms with Gasteiger partial charge in [-0.15, -0.1) is 11.7 Å². The second-order valence-corrected chi connectivity index (χ2v) is 7.56. The summed E-state index contributed by atoms with van der Waals surface area (Å²) in [5.41, 5.74) is 0. The van der Waals surface area contributed by atoms with E-state index >= 15 is 0 Å². The molecule has 25 heavy (non-hydrogen) atoms. The van der Waals surface area contributed by atoms with Crippen molar-refractivity contribution in [3.63, 3.8) is 0 Å². The summed E-state index contributed by atoms with van der Waals surface area (Å²) in [6.45, 7) is 11.5. The number of nitrogens with zero attached hydrogens (tertiary/aromatic N) is 6. The number of hydrogen-bond acceptors (Lipinski definition) is 5. The van der Waals surface area contributed by atoms with Crippen molar-refractivity contribution in [1.29, 1.82) is 0 Å². The Kier molecular flexibility index (Phi) is 6.99. The van der Waals surface area contributed by atoms with Gasteiger partial charge in [0.15, 0.2) is 5.82 Å². The number of aromatic nitrogens is 4. The number of rotatable bonds is 8. The van der Waals surface area contributed by atoms with Crippen LogP contribution in [0.1, 0.15) is 76.2 Å². The van der Waals surface area contributed by atoms with Crippen LogP contribution in [0.25, 0.3) is 0 Å². The van der Waals surface area contributed by atoms with Gasteiger partial charge >= 0.3 is 0 Å². The third kappa shape index (κ3) is 4.67. The normalized spacial score (nSPS) is 22.1. The zero-order valence-corrected chi connectivity index (χ0v) is 15.8. The molecule has 3 rings (SSSR count). The summed E-state index contributed by atoms with van der Waals surface area (Å²) in [4.78, 5) is 5.09. The third-order valence-electron chi connectivity index (χ3n) is 5.80. The average Bonchev–Trinajstić information content (AvgIpc) is 3.14. The summed E-state index contributed by atoms with van der Waals surface area (Å²) in [5.74, 6) is 1.11. The van der Waals surface area contributed by atoms with Gasteiger partial charge in [-0.2, -0.15) is 0 Å². The SMILES string of the molecule is C=CCN1CCN(C(CCCC)c2nnnn2C2CCCCC2)CC1. The van der Waals surface area contributed by atoms with Crippen molar-refractivity contribution in [2.75, 3.05) is 32.7 Å². The zero-order valence-electron chi connectivity index (χ0n) is 15.8. The molecule has 0 bridgehead atoms. The standard InChI is InChI=1S/C19H34N6/c1-3-5-11-18(24-15-13-23(12-4-2)14-16-24)19-20-21-22-25(19)17-9-7-6-8-10-17/h4,17-18H,2-3,5-16H2,1H3. The monoisotopic (exact) mass is 346 g/mol. The van der Waals surface area contributed by atoms with Crippen molar-refractivity contribution in [3.05, 3.63) is 18.5 Å². The molecule has 1 unspecified atom stereocenters. The fraction of sp³-hybridized carbons (Fsp3) is 0.842. The zero-order chi connectivity index (χ0) is 17.5. The molecule has 1 aromatic rings. The summed E-state index contributed by atoms with van der Waals surface area (Å²) >= 11 is 0. The molecule has 0 amide bonds. The van der Waals surface area contributed by atoms with Crippen LogP contribution in [0.4, 0.5) is 0 Å². The lowest BCUT2D eigenvalue weighted by atomic mass is 9.95. The van der Waals surface area contributed by atoms with Gasteiger partial charge in [-0.3, -0.25) is 9.80 Å². The van der Waals surface area contributed by atoms with E-state index in [2.05, 4.69) is 43.5 Å². The van der Waals surface area contributed by atoms with E-state index < -0.39 is 0 Å². The molecular formula is C19H34N6.